The molecule has 1 aromatic heterocycles. The number of fused-ring (bicyclic) bond motifs is 1. The van der Waals surface area contributed by atoms with Crippen LogP contribution in [0.5, 0.6) is 0 Å². The third kappa shape index (κ3) is 2.12. The Bertz CT molecular complexity index is 376. The van der Waals surface area contributed by atoms with Crippen LogP contribution in [0.3, 0.4) is 0 Å². The van der Waals surface area contributed by atoms with E-state index in [0.717, 1.165) is 30.7 Å². The quantitative estimate of drug-likeness (QED) is 0.727. The Morgan fingerprint density at radius 1 is 1.73 bits per heavy atom. The highest BCUT2D eigenvalue weighted by atomic mass is 35.5. The van der Waals surface area contributed by atoms with Crippen molar-refractivity contribution in [1.82, 2.24) is 20.3 Å². The third-order valence-corrected chi connectivity index (χ3v) is 2.92. The van der Waals surface area contributed by atoms with Gasteiger partial charge in [0.25, 0.3) is 0 Å². The Hall–Kier alpha value is -1.10. The second-order valence-corrected chi connectivity index (χ2v) is 4.01. The highest BCUT2D eigenvalue weighted by Gasteiger charge is 2.23. The maximum Gasteiger partial charge on any atom is 0.235 e. The van der Waals surface area contributed by atoms with Gasteiger partial charge >= 0.3 is 0 Å². The summed E-state index contributed by atoms with van der Waals surface area (Å²) in [5, 5.41) is 10.9. The number of aryl methyl sites for hydroxylation is 2. The number of carbonyl (C=O) groups is 1. The lowest BCUT2D eigenvalue weighted by Crippen LogP contribution is -2.39. The van der Waals surface area contributed by atoms with Crippen LogP contribution in [0.1, 0.15) is 17.8 Å². The molecule has 15 heavy (non-hydrogen) atoms. The van der Waals surface area contributed by atoms with Crippen LogP contribution in [0, 0.1) is 0 Å². The zero-order valence-electron chi connectivity index (χ0n) is 8.53. The molecule has 1 amide bonds. The minimum absolute atomic E-state index is 0.0208. The molecular formula is C9H13ClN4O. The molecule has 5 nitrogen and oxygen atoms in total. The summed E-state index contributed by atoms with van der Waals surface area (Å²) in [6, 6.07) is 0.168. The molecule has 6 heteroatoms. The van der Waals surface area contributed by atoms with Gasteiger partial charge in [-0.1, -0.05) is 5.21 Å². The van der Waals surface area contributed by atoms with Crippen LogP contribution in [-0.4, -0.2) is 32.8 Å². The molecule has 0 radical (unpaired) electrons. The lowest BCUT2D eigenvalue weighted by molar-refractivity contribution is -0.119. The van der Waals surface area contributed by atoms with E-state index in [1.165, 1.54) is 0 Å². The van der Waals surface area contributed by atoms with E-state index in [9.17, 15) is 4.79 Å². The van der Waals surface area contributed by atoms with Crippen LogP contribution in [-0.2, 0) is 24.7 Å². The van der Waals surface area contributed by atoms with Crippen LogP contribution in [0.4, 0.5) is 0 Å². The van der Waals surface area contributed by atoms with Crippen molar-refractivity contribution in [3.05, 3.63) is 11.4 Å². The molecule has 0 fully saturated rings. The van der Waals surface area contributed by atoms with Gasteiger partial charge in [0.2, 0.25) is 5.91 Å². The summed E-state index contributed by atoms with van der Waals surface area (Å²) in [5.74, 6) is -0.0901. The largest absolute Gasteiger partial charge is 0.352 e. The van der Waals surface area contributed by atoms with E-state index in [1.54, 1.807) is 4.68 Å². The number of nitrogens with zero attached hydrogens (tertiary/aromatic N) is 3. The van der Waals surface area contributed by atoms with E-state index in [-0.39, 0.29) is 17.8 Å². The van der Waals surface area contributed by atoms with Gasteiger partial charge in [0.1, 0.15) is 5.88 Å². The second-order valence-electron chi connectivity index (χ2n) is 3.75. The summed E-state index contributed by atoms with van der Waals surface area (Å²) in [5.41, 5.74) is 2.16. The molecule has 0 aliphatic heterocycles. The van der Waals surface area contributed by atoms with Crippen LogP contribution < -0.4 is 5.32 Å². The second kappa shape index (κ2) is 4.18. The smallest absolute Gasteiger partial charge is 0.235 e. The first-order chi connectivity index (χ1) is 7.20. The predicted octanol–water partition coefficient (Wildman–Crippen LogP) is 0.0274. The number of rotatable bonds is 2. The summed E-state index contributed by atoms with van der Waals surface area (Å²) in [7, 11) is 1.87. The van der Waals surface area contributed by atoms with E-state index < -0.39 is 0 Å². The average molecular weight is 229 g/mol. The number of hydrogen-bond acceptors (Lipinski definition) is 3. The number of halogens is 1. The van der Waals surface area contributed by atoms with Gasteiger partial charge in [0.15, 0.2) is 0 Å². The van der Waals surface area contributed by atoms with Crippen LogP contribution in [0.25, 0.3) is 0 Å². The van der Waals surface area contributed by atoms with Crippen molar-refractivity contribution in [1.29, 1.82) is 0 Å². The molecular weight excluding hydrogens is 216 g/mol. The van der Waals surface area contributed by atoms with Gasteiger partial charge in [0, 0.05) is 19.5 Å². The highest BCUT2D eigenvalue weighted by molar-refractivity contribution is 6.27. The molecule has 1 aromatic rings. The molecule has 1 aliphatic rings. The van der Waals surface area contributed by atoms with E-state index in [2.05, 4.69) is 15.6 Å². The zero-order chi connectivity index (χ0) is 10.8. The lowest BCUT2D eigenvalue weighted by Gasteiger charge is -2.22. The van der Waals surface area contributed by atoms with Gasteiger partial charge in [0.05, 0.1) is 11.4 Å². The minimum Gasteiger partial charge on any atom is -0.352 e. The number of amides is 1. The fraction of sp³-hybridized carbons (Fsp3) is 0.667. The summed E-state index contributed by atoms with van der Waals surface area (Å²) >= 11 is 5.44. The summed E-state index contributed by atoms with van der Waals surface area (Å²) < 4.78 is 1.77. The van der Waals surface area contributed by atoms with Crippen molar-refractivity contribution in [2.24, 2.45) is 7.05 Å². The summed E-state index contributed by atoms with van der Waals surface area (Å²) in [6.07, 6.45) is 2.58. The molecule has 1 atom stereocenters. The molecule has 0 saturated heterocycles. The Morgan fingerprint density at radius 2 is 2.53 bits per heavy atom. The van der Waals surface area contributed by atoms with Crippen molar-refractivity contribution in [3.63, 3.8) is 0 Å². The predicted molar refractivity (Wildman–Crippen MR) is 55.7 cm³/mol. The third-order valence-electron chi connectivity index (χ3n) is 2.68. The standard InChI is InChI=1S/C9H13ClN4O/c1-14-8-4-6(11-9(15)5-10)2-3-7(8)12-13-14/h6H,2-5H2,1H3,(H,11,15). The monoisotopic (exact) mass is 228 g/mol. The van der Waals surface area contributed by atoms with Gasteiger partial charge in [-0.2, -0.15) is 0 Å². The maximum atomic E-state index is 11.1. The topological polar surface area (TPSA) is 59.8 Å². The van der Waals surface area contributed by atoms with Gasteiger partial charge in [-0.15, -0.1) is 16.7 Å². The Balaban J connectivity index is 2.05. The molecule has 2 rings (SSSR count). The first kappa shape index (κ1) is 10.4. The van der Waals surface area contributed by atoms with E-state index in [0.29, 0.717) is 0 Å². The van der Waals surface area contributed by atoms with Crippen molar-refractivity contribution in [3.8, 4) is 0 Å². The molecule has 0 bridgehead atoms. The first-order valence-electron chi connectivity index (χ1n) is 4.93. The first-order valence-corrected chi connectivity index (χ1v) is 5.47. The minimum atomic E-state index is -0.111. The Labute approximate surface area is 92.8 Å². The number of hydrogen-bond donors (Lipinski definition) is 1. The molecule has 0 saturated carbocycles. The molecule has 1 N–H and O–H groups in total. The van der Waals surface area contributed by atoms with Crippen molar-refractivity contribution in [2.45, 2.75) is 25.3 Å². The van der Waals surface area contributed by atoms with Gasteiger partial charge in [-0.05, 0) is 12.8 Å². The van der Waals surface area contributed by atoms with Crippen molar-refractivity contribution >= 4 is 17.5 Å². The molecule has 1 unspecified atom stereocenters. The SMILES string of the molecule is Cn1nnc2c1CC(NC(=O)CCl)CC2. The number of aromatic nitrogens is 3. The number of nitrogens with one attached hydrogen (secondary N) is 1. The summed E-state index contributed by atoms with van der Waals surface area (Å²) in [6.45, 7) is 0. The van der Waals surface area contributed by atoms with Crippen LogP contribution >= 0.6 is 11.6 Å². The van der Waals surface area contributed by atoms with Crippen LogP contribution in [0.2, 0.25) is 0 Å². The Kier molecular flexibility index (Phi) is 2.90. The van der Waals surface area contributed by atoms with Gasteiger partial charge < -0.3 is 5.32 Å². The van der Waals surface area contributed by atoms with Gasteiger partial charge in [-0.25, -0.2) is 0 Å². The van der Waals surface area contributed by atoms with E-state index in [4.69, 9.17) is 11.6 Å². The molecule has 0 aromatic carbocycles. The lowest BCUT2D eigenvalue weighted by atomic mass is 9.96. The maximum absolute atomic E-state index is 11.1. The fourth-order valence-corrected chi connectivity index (χ4v) is 1.98. The molecule has 1 heterocycles. The molecule has 82 valence electrons. The number of alkyl halides is 1. The molecule has 0 spiro atoms. The van der Waals surface area contributed by atoms with E-state index >= 15 is 0 Å². The molecule has 1 aliphatic carbocycles. The van der Waals surface area contributed by atoms with Gasteiger partial charge in [-0.3, -0.25) is 9.48 Å². The van der Waals surface area contributed by atoms with Crippen LogP contribution in [0.15, 0.2) is 0 Å². The summed E-state index contributed by atoms with van der Waals surface area (Å²) in [4.78, 5) is 11.1. The van der Waals surface area contributed by atoms with Crippen molar-refractivity contribution in [2.75, 3.05) is 5.88 Å². The fourth-order valence-electron chi connectivity index (χ4n) is 1.90. The zero-order valence-corrected chi connectivity index (χ0v) is 9.29. The highest BCUT2D eigenvalue weighted by Crippen LogP contribution is 2.18. The number of carbonyl (C=O) groups excluding carboxylic acids is 1. The van der Waals surface area contributed by atoms with E-state index in [1.807, 2.05) is 7.05 Å². The average Bonchev–Trinajstić information content (AvgIpc) is 2.60. The Morgan fingerprint density at radius 3 is 3.27 bits per heavy atom. The normalized spacial score (nSPS) is 19.7. The van der Waals surface area contributed by atoms with Crippen molar-refractivity contribution < 1.29 is 4.79 Å².